The number of amides is 1. The van der Waals surface area contributed by atoms with Gasteiger partial charge in [0.25, 0.3) is 12.3 Å². The summed E-state index contributed by atoms with van der Waals surface area (Å²) in [6.07, 6.45) is -3.29. The second-order valence-electron chi connectivity index (χ2n) is 7.12. The van der Waals surface area contributed by atoms with Gasteiger partial charge in [0.2, 0.25) is 0 Å². The molecule has 2 unspecified atom stereocenters. The van der Waals surface area contributed by atoms with Crippen molar-refractivity contribution < 1.29 is 32.5 Å². The fourth-order valence-electron chi connectivity index (χ4n) is 3.23. The number of hydrogen-bond donors (Lipinski definition) is 5. The summed E-state index contributed by atoms with van der Waals surface area (Å²) >= 11 is 1.61. The lowest BCUT2D eigenvalue weighted by atomic mass is 10.3. The summed E-state index contributed by atoms with van der Waals surface area (Å²) in [5, 5.41) is 21.0. The molecule has 0 spiro atoms. The topological polar surface area (TPSA) is 107 Å². The number of carbonyl (C=O) groups excluding carboxylic acids is 1. The average molecular weight is 490 g/mol. The Morgan fingerprint density at radius 2 is 1.97 bits per heavy atom. The fraction of sp³-hybridized carbons (Fsp3) is 0.450. The van der Waals surface area contributed by atoms with Gasteiger partial charge in [-0.2, -0.15) is 0 Å². The first-order chi connectivity index (χ1) is 15.7. The van der Waals surface area contributed by atoms with Gasteiger partial charge >= 0.3 is 6.36 Å². The van der Waals surface area contributed by atoms with Crippen LogP contribution in [0, 0.1) is 0 Å². The van der Waals surface area contributed by atoms with Gasteiger partial charge in [-0.05, 0) is 42.5 Å². The molecule has 0 fully saturated rings. The average Bonchev–Trinajstić information content (AvgIpc) is 3.32. The van der Waals surface area contributed by atoms with Crippen LogP contribution in [0.1, 0.15) is 13.3 Å². The molecule has 0 saturated carbocycles. The van der Waals surface area contributed by atoms with E-state index in [1.807, 2.05) is 13.1 Å². The van der Waals surface area contributed by atoms with Gasteiger partial charge in [0.05, 0.1) is 11.9 Å². The third-order valence-corrected chi connectivity index (χ3v) is 5.69. The summed E-state index contributed by atoms with van der Waals surface area (Å²) in [5.74, 6) is 0.00198. The van der Waals surface area contributed by atoms with E-state index in [9.17, 15) is 18.0 Å². The van der Waals surface area contributed by atoms with Gasteiger partial charge in [-0.25, -0.2) is 0 Å². The number of halogens is 3. The highest BCUT2D eigenvalue weighted by atomic mass is 32.2. The SMILES string of the molecule is CNC1=C(C(=O)NCCCO)N(CC2NC=C(C)S2)C(Oc2ccc(OC(F)(F)F)cc2)N1. The number of thioether (sulfide) groups is 1. The summed E-state index contributed by atoms with van der Waals surface area (Å²) in [4.78, 5) is 15.7. The Morgan fingerprint density at radius 1 is 1.27 bits per heavy atom. The number of benzene rings is 1. The van der Waals surface area contributed by atoms with Crippen molar-refractivity contribution in [3.8, 4) is 11.5 Å². The van der Waals surface area contributed by atoms with E-state index in [1.165, 1.54) is 12.1 Å². The van der Waals surface area contributed by atoms with Crippen molar-refractivity contribution in [3.63, 3.8) is 0 Å². The van der Waals surface area contributed by atoms with Crippen LogP contribution in [0.5, 0.6) is 11.5 Å². The molecule has 3 rings (SSSR count). The minimum Gasteiger partial charge on any atom is -0.452 e. The van der Waals surface area contributed by atoms with E-state index in [4.69, 9.17) is 9.84 Å². The Labute approximate surface area is 193 Å². The number of ether oxygens (including phenoxy) is 2. The minimum absolute atomic E-state index is 0.0445. The Hall–Kier alpha value is -2.93. The number of aliphatic hydroxyl groups is 1. The summed E-state index contributed by atoms with van der Waals surface area (Å²) in [7, 11) is 1.65. The number of alkyl halides is 3. The van der Waals surface area contributed by atoms with E-state index in [-0.39, 0.29) is 29.4 Å². The Bertz CT molecular complexity index is 895. The highest BCUT2D eigenvalue weighted by Gasteiger charge is 2.38. The predicted octanol–water partition coefficient (Wildman–Crippen LogP) is 1.56. The highest BCUT2D eigenvalue weighted by molar-refractivity contribution is 8.03. The molecular weight excluding hydrogens is 463 g/mol. The number of carbonyl (C=O) groups is 1. The molecule has 1 aromatic carbocycles. The van der Waals surface area contributed by atoms with Gasteiger partial charge in [0, 0.05) is 26.4 Å². The number of rotatable bonds is 10. The van der Waals surface area contributed by atoms with E-state index in [1.54, 1.807) is 23.7 Å². The summed E-state index contributed by atoms with van der Waals surface area (Å²) in [6.45, 7) is 2.61. The first-order valence-corrected chi connectivity index (χ1v) is 11.0. The normalized spacial score (nSPS) is 20.2. The molecule has 33 heavy (non-hydrogen) atoms. The fourth-order valence-corrected chi connectivity index (χ4v) is 4.19. The smallest absolute Gasteiger partial charge is 0.452 e. The maximum Gasteiger partial charge on any atom is 0.573 e. The van der Waals surface area contributed by atoms with Crippen LogP contribution in [-0.4, -0.2) is 60.7 Å². The first kappa shape index (κ1) is 24.7. The number of allylic oxidation sites excluding steroid dienone is 1. The highest BCUT2D eigenvalue weighted by Crippen LogP contribution is 2.30. The lowest BCUT2D eigenvalue weighted by Gasteiger charge is -2.30. The van der Waals surface area contributed by atoms with Gasteiger partial charge in [-0.3, -0.25) is 4.79 Å². The Kier molecular flexibility index (Phi) is 8.08. The van der Waals surface area contributed by atoms with Gasteiger partial charge in [-0.1, -0.05) is 0 Å². The van der Waals surface area contributed by atoms with Gasteiger partial charge in [0.1, 0.15) is 23.0 Å². The Balaban J connectivity index is 1.77. The van der Waals surface area contributed by atoms with Crippen molar-refractivity contribution in [2.75, 3.05) is 26.7 Å². The van der Waals surface area contributed by atoms with Crippen LogP contribution in [0.15, 0.2) is 46.9 Å². The van der Waals surface area contributed by atoms with Crippen LogP contribution in [0.2, 0.25) is 0 Å². The van der Waals surface area contributed by atoms with Crippen molar-refractivity contribution in [2.45, 2.75) is 31.4 Å². The molecule has 13 heteroatoms. The van der Waals surface area contributed by atoms with E-state index in [0.717, 1.165) is 17.0 Å². The minimum atomic E-state index is -4.78. The number of aliphatic hydroxyl groups excluding tert-OH is 1. The van der Waals surface area contributed by atoms with E-state index in [2.05, 4.69) is 26.0 Å². The molecule has 2 atom stereocenters. The molecular formula is C20H26F3N5O4S. The lowest BCUT2D eigenvalue weighted by molar-refractivity contribution is -0.274. The van der Waals surface area contributed by atoms with Gasteiger partial charge in [-0.15, -0.1) is 24.9 Å². The quantitative estimate of drug-likeness (QED) is 0.313. The molecule has 0 aromatic heterocycles. The van der Waals surface area contributed by atoms with E-state index < -0.39 is 12.7 Å². The molecule has 1 amide bonds. The van der Waals surface area contributed by atoms with Crippen molar-refractivity contribution in [1.82, 2.24) is 26.2 Å². The molecule has 9 nitrogen and oxygen atoms in total. The second kappa shape index (κ2) is 10.8. The zero-order valence-electron chi connectivity index (χ0n) is 18.0. The molecule has 2 aliphatic rings. The van der Waals surface area contributed by atoms with Crippen molar-refractivity contribution >= 4 is 17.7 Å². The van der Waals surface area contributed by atoms with Crippen LogP contribution in [0.3, 0.4) is 0 Å². The second-order valence-corrected chi connectivity index (χ2v) is 8.57. The maximum absolute atomic E-state index is 12.9. The molecule has 0 radical (unpaired) electrons. The number of nitrogens with one attached hydrogen (secondary N) is 4. The molecule has 0 saturated heterocycles. The summed E-state index contributed by atoms with van der Waals surface area (Å²) < 4.78 is 47.1. The first-order valence-electron chi connectivity index (χ1n) is 10.2. The zero-order chi connectivity index (χ0) is 24.0. The number of hydrogen-bond acceptors (Lipinski definition) is 9. The van der Waals surface area contributed by atoms with Crippen LogP contribution in [0.4, 0.5) is 13.2 Å². The maximum atomic E-state index is 12.9. The van der Waals surface area contributed by atoms with Gasteiger partial charge in [0.15, 0.2) is 0 Å². The molecule has 0 aliphatic carbocycles. The molecule has 182 valence electrons. The summed E-state index contributed by atoms with van der Waals surface area (Å²) in [5.41, 5.74) is 0.324. The Morgan fingerprint density at radius 3 is 2.55 bits per heavy atom. The van der Waals surface area contributed by atoms with Crippen LogP contribution < -0.4 is 30.7 Å². The van der Waals surface area contributed by atoms with Crippen molar-refractivity contribution in [2.24, 2.45) is 0 Å². The van der Waals surface area contributed by atoms with Crippen LogP contribution in [0.25, 0.3) is 0 Å². The predicted molar refractivity (Wildman–Crippen MR) is 116 cm³/mol. The van der Waals surface area contributed by atoms with Crippen molar-refractivity contribution in [1.29, 1.82) is 0 Å². The van der Waals surface area contributed by atoms with E-state index in [0.29, 0.717) is 31.0 Å². The zero-order valence-corrected chi connectivity index (χ0v) is 18.8. The number of nitrogens with zero attached hydrogens (tertiary/aromatic N) is 1. The lowest BCUT2D eigenvalue weighted by Crippen LogP contribution is -2.48. The van der Waals surface area contributed by atoms with Crippen LogP contribution in [-0.2, 0) is 4.79 Å². The van der Waals surface area contributed by atoms with Crippen LogP contribution >= 0.6 is 11.8 Å². The monoisotopic (exact) mass is 489 g/mol. The molecule has 0 bridgehead atoms. The standard InChI is InChI=1S/C20H26F3N5O4S/c1-12-10-26-15(33-12)11-28-16(18(30)25-8-3-9-29)17(24-2)27-19(28)31-13-4-6-14(7-5-13)32-20(21,22)23/h4-7,10,15,19,24,26-27,29H,3,8-9,11H2,1-2H3,(H,25,30). The molecule has 2 heterocycles. The molecule has 5 N–H and O–H groups in total. The third-order valence-electron chi connectivity index (χ3n) is 4.63. The third kappa shape index (κ3) is 6.78. The van der Waals surface area contributed by atoms with Crippen molar-refractivity contribution in [3.05, 3.63) is 46.9 Å². The van der Waals surface area contributed by atoms with E-state index >= 15 is 0 Å². The molecule has 1 aromatic rings. The summed E-state index contributed by atoms with van der Waals surface area (Å²) in [6, 6.07) is 5.01. The largest absolute Gasteiger partial charge is 0.573 e. The molecule has 2 aliphatic heterocycles. The van der Waals surface area contributed by atoms with Gasteiger partial charge < -0.3 is 40.7 Å².